The van der Waals surface area contributed by atoms with Crippen molar-refractivity contribution in [2.75, 3.05) is 5.32 Å². The first kappa shape index (κ1) is 21.1. The maximum atomic E-state index is 13.3. The van der Waals surface area contributed by atoms with Gasteiger partial charge < -0.3 is 5.32 Å². The van der Waals surface area contributed by atoms with Gasteiger partial charge in [0.15, 0.2) is 5.82 Å². The van der Waals surface area contributed by atoms with Gasteiger partial charge in [0.25, 0.3) is 6.43 Å². The van der Waals surface area contributed by atoms with Gasteiger partial charge in [0.05, 0.1) is 22.3 Å². The molecule has 4 rings (SSSR count). The average molecular weight is 475 g/mol. The Morgan fingerprint density at radius 3 is 2.57 bits per heavy atom. The van der Waals surface area contributed by atoms with Gasteiger partial charge in [-0.25, -0.2) is 8.78 Å². The lowest BCUT2D eigenvalue weighted by Gasteiger charge is -2.07. The van der Waals surface area contributed by atoms with Crippen LogP contribution in [0.1, 0.15) is 42.1 Å². The molecule has 158 valence electrons. The highest BCUT2D eigenvalue weighted by Crippen LogP contribution is 2.40. The van der Waals surface area contributed by atoms with Gasteiger partial charge in [0, 0.05) is 12.1 Å². The second kappa shape index (κ2) is 8.53. The maximum Gasteiger partial charge on any atom is 0.280 e. The molecule has 0 aliphatic heterocycles. The maximum absolute atomic E-state index is 13.3. The Balaban J connectivity index is 1.44. The smallest absolute Gasteiger partial charge is 0.280 e. The van der Waals surface area contributed by atoms with Crippen molar-refractivity contribution in [2.45, 2.75) is 38.3 Å². The van der Waals surface area contributed by atoms with Crippen molar-refractivity contribution >= 4 is 46.5 Å². The fourth-order valence-corrected chi connectivity index (χ4v) is 3.55. The van der Waals surface area contributed by atoms with E-state index in [9.17, 15) is 13.6 Å². The van der Waals surface area contributed by atoms with Crippen LogP contribution >= 0.6 is 34.8 Å². The number of nitrogens with one attached hydrogen (secondary N) is 1. The van der Waals surface area contributed by atoms with Crippen LogP contribution in [0.15, 0.2) is 30.5 Å². The van der Waals surface area contributed by atoms with Crippen molar-refractivity contribution in [3.63, 3.8) is 0 Å². The zero-order chi connectivity index (χ0) is 21.4. The van der Waals surface area contributed by atoms with E-state index in [-0.39, 0.29) is 29.0 Å². The van der Waals surface area contributed by atoms with Crippen LogP contribution in [0.2, 0.25) is 15.1 Å². The molecule has 1 fully saturated rings. The lowest BCUT2D eigenvalue weighted by Crippen LogP contribution is -2.21. The van der Waals surface area contributed by atoms with Gasteiger partial charge in [-0.2, -0.15) is 10.2 Å². The van der Waals surface area contributed by atoms with Crippen LogP contribution in [0.4, 0.5) is 14.6 Å². The van der Waals surface area contributed by atoms with Crippen LogP contribution in [-0.2, 0) is 17.9 Å². The monoisotopic (exact) mass is 473 g/mol. The summed E-state index contributed by atoms with van der Waals surface area (Å²) in [5.74, 6) is -0.211. The molecule has 0 saturated heterocycles. The van der Waals surface area contributed by atoms with E-state index in [1.807, 2.05) is 0 Å². The molecule has 1 aliphatic carbocycles. The minimum atomic E-state index is -2.72. The molecule has 0 bridgehead atoms. The van der Waals surface area contributed by atoms with Crippen molar-refractivity contribution in [1.82, 2.24) is 19.6 Å². The highest BCUT2D eigenvalue weighted by molar-refractivity contribution is 6.42. The van der Waals surface area contributed by atoms with Gasteiger partial charge in [0.2, 0.25) is 5.91 Å². The number of aromatic nitrogens is 4. The highest BCUT2D eigenvalue weighted by atomic mass is 35.5. The summed E-state index contributed by atoms with van der Waals surface area (Å²) >= 11 is 18.1. The van der Waals surface area contributed by atoms with Gasteiger partial charge in [-0.1, -0.05) is 40.9 Å². The molecule has 30 heavy (non-hydrogen) atoms. The minimum absolute atomic E-state index is 0.134. The number of anilines is 1. The van der Waals surface area contributed by atoms with Crippen LogP contribution < -0.4 is 5.32 Å². The highest BCUT2D eigenvalue weighted by Gasteiger charge is 2.29. The Labute approximate surface area is 185 Å². The summed E-state index contributed by atoms with van der Waals surface area (Å²) in [6, 6.07) is 6.55. The summed E-state index contributed by atoms with van der Waals surface area (Å²) < 4.78 is 29.1. The Morgan fingerprint density at radius 1 is 1.13 bits per heavy atom. The third-order valence-corrected chi connectivity index (χ3v) is 5.66. The second-order valence-electron chi connectivity index (χ2n) is 7.05. The minimum Gasteiger partial charge on any atom is -0.306 e. The van der Waals surface area contributed by atoms with E-state index in [2.05, 4.69) is 15.5 Å². The van der Waals surface area contributed by atoms with Crippen molar-refractivity contribution in [3.8, 4) is 0 Å². The lowest BCUT2D eigenvalue weighted by atomic mass is 10.2. The molecule has 2 heterocycles. The Bertz CT molecular complexity index is 1090. The number of nitrogens with zero attached hydrogens (tertiary/aromatic N) is 4. The molecule has 0 radical (unpaired) electrons. The lowest BCUT2D eigenvalue weighted by molar-refractivity contribution is -0.117. The molecule has 2 aromatic heterocycles. The molecule has 11 heteroatoms. The number of hydrogen-bond acceptors (Lipinski definition) is 3. The summed E-state index contributed by atoms with van der Waals surface area (Å²) in [5.41, 5.74) is 1.16. The molecule has 3 aromatic rings. The number of alkyl halides is 2. The number of amides is 1. The van der Waals surface area contributed by atoms with Gasteiger partial charge in [-0.05, 0) is 36.6 Å². The predicted molar refractivity (Wildman–Crippen MR) is 111 cm³/mol. The number of rotatable bonds is 7. The molecule has 0 atom stereocenters. The molecule has 1 aliphatic rings. The van der Waals surface area contributed by atoms with Gasteiger partial charge >= 0.3 is 0 Å². The van der Waals surface area contributed by atoms with Crippen molar-refractivity contribution in [3.05, 3.63) is 62.5 Å². The van der Waals surface area contributed by atoms with E-state index in [0.717, 1.165) is 23.1 Å². The quantitative estimate of drug-likeness (QED) is 0.489. The van der Waals surface area contributed by atoms with Crippen molar-refractivity contribution in [1.29, 1.82) is 0 Å². The largest absolute Gasteiger partial charge is 0.306 e. The number of carbonyl (C=O) groups is 1. The second-order valence-corrected chi connectivity index (χ2v) is 8.27. The van der Waals surface area contributed by atoms with Crippen LogP contribution in [-0.4, -0.2) is 25.5 Å². The molecule has 0 unspecified atom stereocenters. The van der Waals surface area contributed by atoms with E-state index in [1.165, 1.54) is 10.7 Å². The molecular weight excluding hydrogens is 459 g/mol. The molecule has 1 N–H and O–H groups in total. The van der Waals surface area contributed by atoms with Gasteiger partial charge in [-0.15, -0.1) is 0 Å². The van der Waals surface area contributed by atoms with Gasteiger partial charge in [-0.3, -0.25) is 14.2 Å². The first-order valence-electron chi connectivity index (χ1n) is 9.12. The van der Waals surface area contributed by atoms with E-state index >= 15 is 0 Å². The van der Waals surface area contributed by atoms with E-state index in [0.29, 0.717) is 22.3 Å². The number of halogens is 5. The molecule has 1 amide bonds. The van der Waals surface area contributed by atoms with E-state index < -0.39 is 12.3 Å². The molecule has 1 saturated carbocycles. The SMILES string of the molecule is O=C(Cn1nc(C2CC2)cc1C(F)F)Nc1nn(Cc2ccc(Cl)c(Cl)c2)cc1Cl. The molecule has 1 aromatic carbocycles. The predicted octanol–water partition coefficient (Wildman–Crippen LogP) is 5.54. The Hall–Kier alpha value is -2.16. The third kappa shape index (κ3) is 4.77. The van der Waals surface area contributed by atoms with E-state index in [4.69, 9.17) is 34.8 Å². The number of carbonyl (C=O) groups excluding carboxylic acids is 1. The first-order chi connectivity index (χ1) is 14.3. The standard InChI is InChI=1S/C19H16Cl3F2N5O/c20-12-4-1-10(5-13(12)21)7-28-8-14(22)19(27-28)25-17(30)9-29-16(18(23)24)6-15(26-29)11-2-3-11/h1,4-6,8,11,18H,2-3,7,9H2,(H,25,27,30). The van der Waals surface area contributed by atoms with E-state index in [1.54, 1.807) is 24.4 Å². The van der Waals surface area contributed by atoms with Crippen LogP contribution in [0, 0.1) is 0 Å². The summed E-state index contributed by atoms with van der Waals surface area (Å²) in [5, 5.41) is 12.0. The summed E-state index contributed by atoms with van der Waals surface area (Å²) in [6.45, 7) is -0.00567. The molecule has 0 spiro atoms. The zero-order valence-corrected chi connectivity index (χ0v) is 17.7. The Morgan fingerprint density at radius 2 is 1.90 bits per heavy atom. The van der Waals surface area contributed by atoms with Crippen molar-refractivity contribution < 1.29 is 13.6 Å². The van der Waals surface area contributed by atoms with Gasteiger partial charge in [0.1, 0.15) is 17.3 Å². The fourth-order valence-electron chi connectivity index (χ4n) is 3.03. The summed E-state index contributed by atoms with van der Waals surface area (Å²) in [7, 11) is 0. The summed E-state index contributed by atoms with van der Waals surface area (Å²) in [4.78, 5) is 12.4. The number of hydrogen-bond donors (Lipinski definition) is 1. The van der Waals surface area contributed by atoms with Crippen LogP contribution in [0.5, 0.6) is 0 Å². The normalized spacial score (nSPS) is 13.8. The van der Waals surface area contributed by atoms with Crippen LogP contribution in [0.25, 0.3) is 0 Å². The average Bonchev–Trinajstić information content (AvgIpc) is 3.36. The first-order valence-corrected chi connectivity index (χ1v) is 10.3. The molecule has 6 nitrogen and oxygen atoms in total. The molecular formula is C19H16Cl3F2N5O. The van der Waals surface area contributed by atoms with Crippen LogP contribution in [0.3, 0.4) is 0 Å². The summed E-state index contributed by atoms with van der Waals surface area (Å²) in [6.07, 6.45) is 0.686. The fraction of sp³-hybridized carbons (Fsp3) is 0.316. The third-order valence-electron chi connectivity index (χ3n) is 4.65. The Kier molecular flexibility index (Phi) is 5.99. The topological polar surface area (TPSA) is 64.7 Å². The van der Waals surface area contributed by atoms with Crippen molar-refractivity contribution in [2.24, 2.45) is 0 Å². The number of benzene rings is 1. The zero-order valence-electron chi connectivity index (χ0n) is 15.5.